The molecule has 0 spiro atoms. The number of aliphatic hydroxyl groups excluding tert-OH is 1. The number of hydrogen-bond acceptors (Lipinski definition) is 6. The number of aliphatic hydroxyl groups is 1. The van der Waals surface area contributed by atoms with Gasteiger partial charge < -0.3 is 29.8 Å². The van der Waals surface area contributed by atoms with E-state index in [1.165, 1.54) is 0 Å². The Morgan fingerprint density at radius 1 is 0.821 bits per heavy atom. The van der Waals surface area contributed by atoms with Gasteiger partial charge in [0.05, 0.1) is 13.2 Å². The third kappa shape index (κ3) is 7.76. The topological polar surface area (TPSA) is 83.2 Å². The number of nitrogens with two attached hydrogens (primary N) is 1. The number of benzene rings is 2. The van der Waals surface area contributed by atoms with E-state index in [9.17, 15) is 5.11 Å². The van der Waals surface area contributed by atoms with Crippen LogP contribution in [0.2, 0.25) is 0 Å². The van der Waals surface area contributed by atoms with E-state index >= 15 is 0 Å². The molecule has 0 saturated heterocycles. The molecule has 0 aliphatic heterocycles. The summed E-state index contributed by atoms with van der Waals surface area (Å²) in [5.41, 5.74) is 6.18. The molecule has 0 saturated carbocycles. The molecule has 6 nitrogen and oxygen atoms in total. The number of ether oxygens (including phenoxy) is 4. The highest BCUT2D eigenvalue weighted by Gasteiger charge is 2.22. The van der Waals surface area contributed by atoms with Gasteiger partial charge in [-0.25, -0.2) is 0 Å². The predicted molar refractivity (Wildman–Crippen MR) is 109 cm³/mol. The molecule has 0 radical (unpaired) electrons. The SMILES string of the molecule is COCCOc1ccc(OCC(O)C(N)C(C)CCOc2ccccc2)cc1. The molecule has 6 heteroatoms. The summed E-state index contributed by atoms with van der Waals surface area (Å²) in [6.07, 6.45) is -0.00923. The lowest BCUT2D eigenvalue weighted by Gasteiger charge is -2.25. The maximum absolute atomic E-state index is 10.3. The zero-order valence-corrected chi connectivity index (χ0v) is 16.6. The highest BCUT2D eigenvalue weighted by Crippen LogP contribution is 2.19. The van der Waals surface area contributed by atoms with Gasteiger partial charge in [0.25, 0.3) is 0 Å². The van der Waals surface area contributed by atoms with E-state index in [0.717, 1.165) is 17.9 Å². The summed E-state index contributed by atoms with van der Waals surface area (Å²) in [5, 5.41) is 10.3. The molecule has 0 aliphatic carbocycles. The Kier molecular flexibility index (Phi) is 9.62. The number of para-hydroxylation sites is 1. The van der Waals surface area contributed by atoms with E-state index in [1.807, 2.05) is 49.4 Å². The molecule has 3 N–H and O–H groups in total. The first-order valence-electron chi connectivity index (χ1n) is 9.56. The summed E-state index contributed by atoms with van der Waals surface area (Å²) >= 11 is 0. The van der Waals surface area contributed by atoms with Gasteiger partial charge in [-0.1, -0.05) is 25.1 Å². The second-order valence-electron chi connectivity index (χ2n) is 6.70. The summed E-state index contributed by atoms with van der Waals surface area (Å²) in [5.74, 6) is 2.33. The number of methoxy groups -OCH3 is 1. The van der Waals surface area contributed by atoms with E-state index in [-0.39, 0.29) is 12.5 Å². The monoisotopic (exact) mass is 389 g/mol. The van der Waals surface area contributed by atoms with Crippen LogP contribution in [0.3, 0.4) is 0 Å². The van der Waals surface area contributed by atoms with Crippen molar-refractivity contribution in [2.45, 2.75) is 25.5 Å². The van der Waals surface area contributed by atoms with Crippen LogP contribution in [-0.4, -0.2) is 50.8 Å². The minimum Gasteiger partial charge on any atom is -0.494 e. The Balaban J connectivity index is 1.68. The molecule has 3 atom stereocenters. The summed E-state index contributed by atoms with van der Waals surface area (Å²) in [7, 11) is 1.63. The van der Waals surface area contributed by atoms with Crippen molar-refractivity contribution in [3.8, 4) is 17.2 Å². The maximum Gasteiger partial charge on any atom is 0.119 e. The van der Waals surface area contributed by atoms with E-state index < -0.39 is 12.1 Å². The molecule has 0 amide bonds. The van der Waals surface area contributed by atoms with Gasteiger partial charge in [0.2, 0.25) is 0 Å². The molecule has 2 rings (SSSR count). The van der Waals surface area contributed by atoms with Gasteiger partial charge in [-0.3, -0.25) is 0 Å². The molecule has 154 valence electrons. The van der Waals surface area contributed by atoms with Gasteiger partial charge in [0, 0.05) is 13.2 Å². The molecular weight excluding hydrogens is 358 g/mol. The first-order valence-corrected chi connectivity index (χ1v) is 9.56. The van der Waals surface area contributed by atoms with Gasteiger partial charge in [0.1, 0.15) is 36.6 Å². The largest absolute Gasteiger partial charge is 0.494 e. The first-order chi connectivity index (χ1) is 13.6. The summed E-state index contributed by atoms with van der Waals surface area (Å²) in [6.45, 7) is 3.73. The smallest absolute Gasteiger partial charge is 0.119 e. The van der Waals surface area contributed by atoms with Crippen LogP contribution in [0.15, 0.2) is 54.6 Å². The summed E-state index contributed by atoms with van der Waals surface area (Å²) < 4.78 is 21.8. The molecule has 3 unspecified atom stereocenters. The van der Waals surface area contributed by atoms with E-state index in [0.29, 0.717) is 25.6 Å². The minimum atomic E-state index is -0.760. The predicted octanol–water partition coefficient (Wildman–Crippen LogP) is 2.88. The third-order valence-corrected chi connectivity index (χ3v) is 4.49. The fourth-order valence-electron chi connectivity index (χ4n) is 2.62. The number of rotatable bonds is 13. The lowest BCUT2D eigenvalue weighted by molar-refractivity contribution is 0.0649. The van der Waals surface area contributed by atoms with Gasteiger partial charge in [-0.2, -0.15) is 0 Å². The highest BCUT2D eigenvalue weighted by atomic mass is 16.5. The van der Waals surface area contributed by atoms with Crippen LogP contribution in [0.4, 0.5) is 0 Å². The van der Waals surface area contributed by atoms with Gasteiger partial charge in [-0.05, 0) is 48.7 Å². The van der Waals surface area contributed by atoms with Crippen molar-refractivity contribution < 1.29 is 24.1 Å². The lowest BCUT2D eigenvalue weighted by Crippen LogP contribution is -2.43. The van der Waals surface area contributed by atoms with Crippen molar-refractivity contribution in [2.24, 2.45) is 11.7 Å². The second-order valence-corrected chi connectivity index (χ2v) is 6.70. The molecule has 28 heavy (non-hydrogen) atoms. The average Bonchev–Trinajstić information content (AvgIpc) is 2.73. The van der Waals surface area contributed by atoms with Crippen LogP contribution in [-0.2, 0) is 4.74 Å². The summed E-state index contributed by atoms with van der Waals surface area (Å²) in [4.78, 5) is 0. The molecule has 2 aromatic carbocycles. The van der Waals surface area contributed by atoms with Crippen LogP contribution in [0, 0.1) is 5.92 Å². The van der Waals surface area contributed by atoms with Crippen molar-refractivity contribution in [3.05, 3.63) is 54.6 Å². The van der Waals surface area contributed by atoms with Crippen molar-refractivity contribution in [2.75, 3.05) is 33.5 Å². The Hall–Kier alpha value is -2.28. The normalized spacial score (nSPS) is 14.1. The molecule has 0 bridgehead atoms. The quantitative estimate of drug-likeness (QED) is 0.513. The fraction of sp³-hybridized carbons (Fsp3) is 0.455. The molecule has 0 aliphatic rings. The minimum absolute atomic E-state index is 0.0962. The van der Waals surface area contributed by atoms with Crippen molar-refractivity contribution in [1.29, 1.82) is 0 Å². The standard InChI is InChI=1S/C22H31NO5/c1-17(12-13-26-18-6-4-3-5-7-18)22(23)21(24)16-28-20-10-8-19(9-11-20)27-15-14-25-2/h3-11,17,21-22,24H,12-16,23H2,1-2H3. The molecule has 0 heterocycles. The first kappa shape index (κ1) is 22.0. The van der Waals surface area contributed by atoms with E-state index in [4.69, 9.17) is 24.7 Å². The zero-order chi connectivity index (χ0) is 20.2. The van der Waals surface area contributed by atoms with E-state index in [1.54, 1.807) is 19.2 Å². The fourth-order valence-corrected chi connectivity index (χ4v) is 2.62. The Morgan fingerprint density at radius 3 is 2.04 bits per heavy atom. The second kappa shape index (κ2) is 12.2. The summed E-state index contributed by atoms with van der Waals surface area (Å²) in [6, 6.07) is 16.5. The van der Waals surface area contributed by atoms with Crippen molar-refractivity contribution in [1.82, 2.24) is 0 Å². The molecule has 0 aromatic heterocycles. The zero-order valence-electron chi connectivity index (χ0n) is 16.6. The van der Waals surface area contributed by atoms with Gasteiger partial charge >= 0.3 is 0 Å². The van der Waals surface area contributed by atoms with Gasteiger partial charge in [-0.15, -0.1) is 0 Å². The van der Waals surface area contributed by atoms with Crippen LogP contribution < -0.4 is 19.9 Å². The van der Waals surface area contributed by atoms with E-state index in [2.05, 4.69) is 0 Å². The Bertz CT molecular complexity index is 650. The van der Waals surface area contributed by atoms with Crippen LogP contribution >= 0.6 is 0 Å². The van der Waals surface area contributed by atoms with Crippen LogP contribution in [0.1, 0.15) is 13.3 Å². The highest BCUT2D eigenvalue weighted by molar-refractivity contribution is 5.31. The van der Waals surface area contributed by atoms with Crippen molar-refractivity contribution >= 4 is 0 Å². The van der Waals surface area contributed by atoms with Crippen molar-refractivity contribution in [3.63, 3.8) is 0 Å². The van der Waals surface area contributed by atoms with Crippen LogP contribution in [0.25, 0.3) is 0 Å². The molecule has 2 aromatic rings. The van der Waals surface area contributed by atoms with Gasteiger partial charge in [0.15, 0.2) is 0 Å². The Morgan fingerprint density at radius 2 is 1.39 bits per heavy atom. The number of hydrogen-bond donors (Lipinski definition) is 2. The van der Waals surface area contributed by atoms with Crippen LogP contribution in [0.5, 0.6) is 17.2 Å². The Labute approximate surface area is 167 Å². The average molecular weight is 389 g/mol. The molecule has 0 fully saturated rings. The third-order valence-electron chi connectivity index (χ3n) is 4.49. The molecular formula is C22H31NO5. The maximum atomic E-state index is 10.3. The lowest BCUT2D eigenvalue weighted by atomic mass is 9.95.